The fourth-order valence-corrected chi connectivity index (χ4v) is 3.61. The van der Waals surface area contributed by atoms with Gasteiger partial charge in [0.2, 0.25) is 11.8 Å². The Labute approximate surface area is 146 Å². The van der Waals surface area contributed by atoms with Crippen molar-refractivity contribution in [3.63, 3.8) is 0 Å². The van der Waals surface area contributed by atoms with Gasteiger partial charge in [-0.15, -0.1) is 0 Å². The monoisotopic (exact) mass is 376 g/mol. The van der Waals surface area contributed by atoms with Crippen LogP contribution >= 0.6 is 7.60 Å². The number of nitrogen functional groups attached to an aromatic ring is 2. The molecule has 0 aliphatic heterocycles. The number of carbonyl (C=O) groups is 1. The summed E-state index contributed by atoms with van der Waals surface area (Å²) in [6.45, 7) is 7.11. The molecule has 0 radical (unpaired) electrons. The van der Waals surface area contributed by atoms with Crippen molar-refractivity contribution in [3.8, 4) is 5.88 Å². The summed E-state index contributed by atoms with van der Waals surface area (Å²) in [7, 11) is -3.37. The van der Waals surface area contributed by atoms with E-state index >= 15 is 0 Å². The van der Waals surface area contributed by atoms with Crippen LogP contribution in [0.2, 0.25) is 0 Å². The highest BCUT2D eigenvalue weighted by Gasteiger charge is 2.28. The summed E-state index contributed by atoms with van der Waals surface area (Å²) in [4.78, 5) is 18.5. The lowest BCUT2D eigenvalue weighted by atomic mass is 10.3. The summed E-state index contributed by atoms with van der Waals surface area (Å²) in [5, 5.41) is 0. The highest BCUT2D eigenvalue weighted by Crippen LogP contribution is 2.50. The molecule has 25 heavy (non-hydrogen) atoms. The van der Waals surface area contributed by atoms with E-state index < -0.39 is 7.60 Å². The van der Waals surface area contributed by atoms with Crippen molar-refractivity contribution in [2.24, 2.45) is 0 Å². The molecule has 0 saturated carbocycles. The largest absolute Gasteiger partial charge is 0.475 e. The summed E-state index contributed by atoms with van der Waals surface area (Å²) in [6, 6.07) is 0. The first-order valence-electron chi connectivity index (χ1n) is 7.71. The van der Waals surface area contributed by atoms with Crippen molar-refractivity contribution in [1.82, 2.24) is 9.97 Å². The summed E-state index contributed by atoms with van der Waals surface area (Å²) < 4.78 is 33.9. The molecular formula is C14H25N4O6P. The number of aldehydes is 1. The van der Waals surface area contributed by atoms with Crippen molar-refractivity contribution in [2.45, 2.75) is 39.9 Å². The molecule has 0 unspecified atom stereocenters. The third kappa shape index (κ3) is 7.35. The van der Waals surface area contributed by atoms with Crippen LogP contribution in [0.25, 0.3) is 0 Å². The molecule has 0 aliphatic carbocycles. The van der Waals surface area contributed by atoms with E-state index in [1.165, 1.54) is 0 Å². The summed E-state index contributed by atoms with van der Waals surface area (Å²) >= 11 is 0. The maximum absolute atomic E-state index is 12.5. The smallest absolute Gasteiger partial charge is 0.356 e. The maximum atomic E-state index is 12.5. The minimum atomic E-state index is -3.37. The Balaban J connectivity index is 2.55. The van der Waals surface area contributed by atoms with Crippen molar-refractivity contribution in [1.29, 1.82) is 0 Å². The normalized spacial score (nSPS) is 11.9. The molecule has 0 bridgehead atoms. The number of hydrogen-bond donors (Lipinski definition) is 2. The van der Waals surface area contributed by atoms with Crippen LogP contribution in [0, 0.1) is 0 Å². The molecule has 1 rings (SSSR count). The van der Waals surface area contributed by atoms with E-state index in [1.54, 1.807) is 27.7 Å². The van der Waals surface area contributed by atoms with E-state index in [4.69, 9.17) is 30.0 Å². The molecule has 0 atom stereocenters. The average Bonchev–Trinajstić information content (AvgIpc) is 2.44. The fourth-order valence-electron chi connectivity index (χ4n) is 1.80. The summed E-state index contributed by atoms with van der Waals surface area (Å²) in [5.41, 5.74) is 11.0. The minimum absolute atomic E-state index is 0.00570. The first kappa shape index (κ1) is 21.3. The van der Waals surface area contributed by atoms with Crippen LogP contribution in [0.1, 0.15) is 38.1 Å². The molecule has 1 aromatic heterocycles. The lowest BCUT2D eigenvalue weighted by Gasteiger charge is -2.22. The number of carbonyl (C=O) groups excluding carboxylic acids is 1. The lowest BCUT2D eigenvalue weighted by Crippen LogP contribution is -2.15. The Kier molecular flexibility index (Phi) is 8.24. The van der Waals surface area contributed by atoms with Gasteiger partial charge >= 0.3 is 7.60 Å². The number of anilines is 2. The van der Waals surface area contributed by atoms with Gasteiger partial charge in [-0.3, -0.25) is 9.36 Å². The molecule has 0 aromatic carbocycles. The molecule has 4 N–H and O–H groups in total. The van der Waals surface area contributed by atoms with Crippen molar-refractivity contribution < 1.29 is 27.9 Å². The summed E-state index contributed by atoms with van der Waals surface area (Å²) in [6.07, 6.45) is -0.286. The molecule has 0 fully saturated rings. The minimum Gasteiger partial charge on any atom is -0.475 e. The van der Waals surface area contributed by atoms with E-state index in [0.717, 1.165) is 0 Å². The highest BCUT2D eigenvalue weighted by molar-refractivity contribution is 7.53. The van der Waals surface area contributed by atoms with Gasteiger partial charge in [0.15, 0.2) is 6.29 Å². The van der Waals surface area contributed by atoms with Crippen LogP contribution in [0.15, 0.2) is 0 Å². The van der Waals surface area contributed by atoms with Gasteiger partial charge in [-0.2, -0.15) is 9.97 Å². The van der Waals surface area contributed by atoms with Gasteiger partial charge in [-0.1, -0.05) is 0 Å². The van der Waals surface area contributed by atoms with Crippen LogP contribution < -0.4 is 16.2 Å². The third-order valence-electron chi connectivity index (χ3n) is 2.53. The zero-order valence-corrected chi connectivity index (χ0v) is 15.7. The van der Waals surface area contributed by atoms with Gasteiger partial charge in [-0.05, 0) is 27.7 Å². The SMILES string of the molecule is CC(C)OP(=O)(COCCOc1nc(N)nc(N)c1C=O)OC(C)C. The Bertz CT molecular complexity index is 612. The molecule has 0 aliphatic rings. The van der Waals surface area contributed by atoms with Crippen LogP contribution in [0.3, 0.4) is 0 Å². The van der Waals surface area contributed by atoms with Gasteiger partial charge in [0.1, 0.15) is 24.3 Å². The number of nitrogens with two attached hydrogens (primary N) is 2. The fraction of sp³-hybridized carbons (Fsp3) is 0.643. The van der Waals surface area contributed by atoms with Gasteiger partial charge in [0.25, 0.3) is 0 Å². The lowest BCUT2D eigenvalue weighted by molar-refractivity contribution is 0.0842. The second-order valence-corrected chi connectivity index (χ2v) is 7.51. The van der Waals surface area contributed by atoms with Crippen LogP contribution in [0.5, 0.6) is 5.88 Å². The van der Waals surface area contributed by atoms with E-state index in [1.807, 2.05) is 0 Å². The predicted molar refractivity (Wildman–Crippen MR) is 92.6 cm³/mol. The van der Waals surface area contributed by atoms with Crippen molar-refractivity contribution in [2.75, 3.05) is 31.0 Å². The Hall–Kier alpha value is -1.74. The molecular weight excluding hydrogens is 351 g/mol. The number of ether oxygens (including phenoxy) is 2. The zero-order chi connectivity index (χ0) is 19.0. The van der Waals surface area contributed by atoms with Crippen LogP contribution in [-0.4, -0.2) is 48.0 Å². The number of aromatic nitrogens is 2. The molecule has 0 amide bonds. The zero-order valence-electron chi connectivity index (χ0n) is 14.8. The second-order valence-electron chi connectivity index (χ2n) is 5.61. The number of rotatable bonds is 11. The summed E-state index contributed by atoms with van der Waals surface area (Å²) in [5.74, 6) is -0.221. The number of nitrogens with zero attached hydrogens (tertiary/aromatic N) is 2. The van der Waals surface area contributed by atoms with Crippen LogP contribution in [0.4, 0.5) is 11.8 Å². The van der Waals surface area contributed by atoms with Gasteiger partial charge < -0.3 is 30.0 Å². The molecule has 0 saturated heterocycles. The first-order chi connectivity index (χ1) is 11.7. The van der Waals surface area contributed by atoms with Gasteiger partial charge in [0.05, 0.1) is 18.8 Å². The van der Waals surface area contributed by atoms with E-state index in [9.17, 15) is 9.36 Å². The van der Waals surface area contributed by atoms with Crippen molar-refractivity contribution >= 4 is 25.6 Å². The van der Waals surface area contributed by atoms with Crippen LogP contribution in [-0.2, 0) is 18.3 Å². The maximum Gasteiger partial charge on any atom is 0.356 e. The Morgan fingerprint density at radius 2 is 1.68 bits per heavy atom. The highest BCUT2D eigenvalue weighted by atomic mass is 31.2. The second kappa shape index (κ2) is 9.67. The molecule has 11 heteroatoms. The topological polar surface area (TPSA) is 149 Å². The van der Waals surface area contributed by atoms with Gasteiger partial charge in [0, 0.05) is 0 Å². The molecule has 142 valence electrons. The third-order valence-corrected chi connectivity index (χ3v) is 4.52. The van der Waals surface area contributed by atoms with E-state index in [0.29, 0.717) is 6.29 Å². The number of hydrogen-bond acceptors (Lipinski definition) is 10. The first-order valence-corrected chi connectivity index (χ1v) is 9.44. The molecule has 10 nitrogen and oxygen atoms in total. The predicted octanol–water partition coefficient (Wildman–Crippen LogP) is 1.85. The molecule has 1 aromatic rings. The van der Waals surface area contributed by atoms with E-state index in [2.05, 4.69) is 9.97 Å². The van der Waals surface area contributed by atoms with Gasteiger partial charge in [-0.25, -0.2) is 0 Å². The standard InChI is InChI=1S/C14H25N4O6P/c1-9(2)23-25(20,24-10(3)4)8-21-5-6-22-13-11(7-19)12(15)17-14(16)18-13/h7,9-10H,5-6,8H2,1-4H3,(H4,15,16,17,18). The quantitative estimate of drug-likeness (QED) is 0.333. The molecule has 0 spiro atoms. The Morgan fingerprint density at radius 3 is 2.20 bits per heavy atom. The molecule has 1 heterocycles. The van der Waals surface area contributed by atoms with Crippen molar-refractivity contribution in [3.05, 3.63) is 5.56 Å². The Morgan fingerprint density at radius 1 is 1.08 bits per heavy atom. The average molecular weight is 376 g/mol. The van der Waals surface area contributed by atoms with E-state index in [-0.39, 0.29) is 55.0 Å².